The molecular weight excluding hydrogens is 362 g/mol. The van der Waals surface area contributed by atoms with Gasteiger partial charge in [-0.05, 0) is 41.6 Å². The summed E-state index contributed by atoms with van der Waals surface area (Å²) in [6, 6.07) is 6.56. The second kappa shape index (κ2) is 7.16. The highest BCUT2D eigenvalue weighted by atomic mass is 35.5. The first kappa shape index (κ1) is 17.3. The van der Waals surface area contributed by atoms with E-state index >= 15 is 0 Å². The van der Waals surface area contributed by atoms with Gasteiger partial charge in [-0.15, -0.1) is 0 Å². The summed E-state index contributed by atoms with van der Waals surface area (Å²) in [5, 5.41) is 10.6. The maximum atomic E-state index is 12.4. The molecule has 1 saturated heterocycles. The SMILES string of the molecule is COc1cc(/C=C2\SC(=Nc3ccncc3Cl)N(C)C2=O)ccc1O. The van der Waals surface area contributed by atoms with E-state index in [1.807, 2.05) is 0 Å². The van der Waals surface area contributed by atoms with Crippen LogP contribution in [0, 0.1) is 0 Å². The standard InChI is InChI=1S/C17H14ClN3O3S/c1-21-16(23)15(8-10-3-4-13(22)14(7-10)24-2)25-17(21)20-12-5-6-19-9-11(12)18/h3-9,22H,1-2H3/b15-8-,20-17?. The number of nitrogens with zero attached hydrogens (tertiary/aromatic N) is 3. The quantitative estimate of drug-likeness (QED) is 0.828. The molecule has 0 unspecified atom stereocenters. The molecule has 0 spiro atoms. The molecule has 0 saturated carbocycles. The van der Waals surface area contributed by atoms with Gasteiger partial charge >= 0.3 is 0 Å². The van der Waals surface area contributed by atoms with Gasteiger partial charge in [-0.25, -0.2) is 4.99 Å². The number of thioether (sulfide) groups is 1. The average Bonchev–Trinajstić information content (AvgIpc) is 2.86. The number of benzene rings is 1. The van der Waals surface area contributed by atoms with Crippen LogP contribution in [0.5, 0.6) is 11.5 Å². The Bertz CT molecular complexity index is 898. The molecule has 1 N–H and O–H groups in total. The van der Waals surface area contributed by atoms with Crippen molar-refractivity contribution in [2.45, 2.75) is 0 Å². The molecule has 6 nitrogen and oxygen atoms in total. The third-order valence-electron chi connectivity index (χ3n) is 3.47. The number of likely N-dealkylation sites (N-methyl/N-ethyl adjacent to an activating group) is 1. The van der Waals surface area contributed by atoms with E-state index in [2.05, 4.69) is 9.98 Å². The highest BCUT2D eigenvalue weighted by Gasteiger charge is 2.30. The fourth-order valence-corrected chi connectivity index (χ4v) is 3.29. The lowest BCUT2D eigenvalue weighted by atomic mass is 10.2. The summed E-state index contributed by atoms with van der Waals surface area (Å²) in [7, 11) is 3.12. The van der Waals surface area contributed by atoms with Crippen molar-refractivity contribution < 1.29 is 14.6 Å². The molecule has 3 rings (SSSR count). The number of methoxy groups -OCH3 is 1. The van der Waals surface area contributed by atoms with Crippen LogP contribution in [-0.2, 0) is 4.79 Å². The number of aromatic nitrogens is 1. The van der Waals surface area contributed by atoms with Gasteiger partial charge in [-0.2, -0.15) is 0 Å². The van der Waals surface area contributed by atoms with Crippen LogP contribution in [0.2, 0.25) is 5.02 Å². The van der Waals surface area contributed by atoms with E-state index < -0.39 is 0 Å². The van der Waals surface area contributed by atoms with Crippen LogP contribution in [0.3, 0.4) is 0 Å². The summed E-state index contributed by atoms with van der Waals surface area (Å²) in [5.74, 6) is 0.221. The van der Waals surface area contributed by atoms with Crippen molar-refractivity contribution in [3.63, 3.8) is 0 Å². The van der Waals surface area contributed by atoms with Crippen molar-refractivity contribution in [2.75, 3.05) is 14.2 Å². The Morgan fingerprint density at radius 2 is 2.20 bits per heavy atom. The number of halogens is 1. The molecule has 1 aromatic heterocycles. The molecule has 0 atom stereocenters. The summed E-state index contributed by atoms with van der Waals surface area (Å²) < 4.78 is 5.09. The van der Waals surface area contributed by atoms with Gasteiger partial charge in [-0.3, -0.25) is 14.7 Å². The molecule has 1 fully saturated rings. The van der Waals surface area contributed by atoms with Crippen molar-refractivity contribution in [1.29, 1.82) is 0 Å². The highest BCUT2D eigenvalue weighted by Crippen LogP contribution is 2.35. The van der Waals surface area contributed by atoms with Gasteiger partial charge in [0.15, 0.2) is 16.7 Å². The van der Waals surface area contributed by atoms with Gasteiger partial charge in [0.2, 0.25) is 0 Å². The molecule has 1 amide bonds. The Labute approximate surface area is 153 Å². The predicted octanol–water partition coefficient (Wildman–Crippen LogP) is 3.68. The first-order chi connectivity index (χ1) is 12.0. The Kier molecular flexibility index (Phi) is 4.96. The van der Waals surface area contributed by atoms with Crippen molar-refractivity contribution in [3.8, 4) is 11.5 Å². The fraction of sp³-hybridized carbons (Fsp3) is 0.118. The van der Waals surface area contributed by atoms with Gasteiger partial charge < -0.3 is 9.84 Å². The second-order valence-electron chi connectivity index (χ2n) is 5.13. The Balaban J connectivity index is 1.92. The van der Waals surface area contributed by atoms with Crippen molar-refractivity contribution in [3.05, 3.63) is 52.2 Å². The van der Waals surface area contributed by atoms with E-state index in [1.165, 1.54) is 36.0 Å². The molecule has 8 heteroatoms. The maximum absolute atomic E-state index is 12.4. The minimum absolute atomic E-state index is 0.0433. The van der Waals surface area contributed by atoms with Crippen LogP contribution >= 0.6 is 23.4 Å². The monoisotopic (exact) mass is 375 g/mol. The van der Waals surface area contributed by atoms with Crippen molar-refractivity contribution >= 4 is 46.2 Å². The number of carbonyl (C=O) groups is 1. The van der Waals surface area contributed by atoms with Crippen LogP contribution in [0.1, 0.15) is 5.56 Å². The molecule has 1 aliphatic heterocycles. The summed E-state index contributed by atoms with van der Waals surface area (Å²) in [6.07, 6.45) is 4.82. The Hall–Kier alpha value is -2.51. The van der Waals surface area contributed by atoms with E-state index in [0.717, 1.165) is 5.56 Å². The van der Waals surface area contributed by atoms with Gasteiger partial charge in [0, 0.05) is 19.4 Å². The largest absolute Gasteiger partial charge is 0.504 e. The molecule has 0 aliphatic carbocycles. The normalized spacial score (nSPS) is 17.6. The van der Waals surface area contributed by atoms with E-state index in [9.17, 15) is 9.90 Å². The summed E-state index contributed by atoms with van der Waals surface area (Å²) in [5.41, 5.74) is 1.29. The number of phenolic OH excluding ortho intramolecular Hbond substituents is 1. The zero-order valence-corrected chi connectivity index (χ0v) is 15.0. The highest BCUT2D eigenvalue weighted by molar-refractivity contribution is 8.18. The summed E-state index contributed by atoms with van der Waals surface area (Å²) >= 11 is 7.31. The van der Waals surface area contributed by atoms with Crippen LogP contribution in [0.15, 0.2) is 46.6 Å². The number of amides is 1. The third kappa shape index (κ3) is 3.62. The topological polar surface area (TPSA) is 75.0 Å². The molecule has 1 aliphatic rings. The fourth-order valence-electron chi connectivity index (χ4n) is 2.15. The smallest absolute Gasteiger partial charge is 0.266 e. The summed E-state index contributed by atoms with van der Waals surface area (Å²) in [6.45, 7) is 0. The number of aliphatic imine (C=N–C) groups is 1. The van der Waals surface area contributed by atoms with Crippen LogP contribution in [0.4, 0.5) is 5.69 Å². The van der Waals surface area contributed by atoms with E-state index in [4.69, 9.17) is 16.3 Å². The van der Waals surface area contributed by atoms with Crippen molar-refractivity contribution in [1.82, 2.24) is 9.88 Å². The first-order valence-corrected chi connectivity index (χ1v) is 8.42. The van der Waals surface area contributed by atoms with Gasteiger partial charge in [0.25, 0.3) is 5.91 Å². The minimum atomic E-state index is -0.166. The van der Waals surface area contributed by atoms with E-state index in [0.29, 0.717) is 26.5 Å². The molecule has 2 aromatic rings. The lowest BCUT2D eigenvalue weighted by molar-refractivity contribution is -0.121. The average molecular weight is 376 g/mol. The second-order valence-corrected chi connectivity index (χ2v) is 6.54. The number of pyridine rings is 1. The molecular formula is C17H14ClN3O3S. The molecule has 0 bridgehead atoms. The van der Waals surface area contributed by atoms with Crippen LogP contribution in [-0.4, -0.2) is 40.2 Å². The molecule has 2 heterocycles. The Morgan fingerprint density at radius 1 is 1.40 bits per heavy atom. The van der Waals surface area contributed by atoms with E-state index in [-0.39, 0.29) is 11.7 Å². The van der Waals surface area contributed by atoms with Crippen molar-refractivity contribution in [2.24, 2.45) is 4.99 Å². The molecule has 128 valence electrons. The van der Waals surface area contributed by atoms with Gasteiger partial charge in [-0.1, -0.05) is 17.7 Å². The number of aromatic hydroxyl groups is 1. The molecule has 0 radical (unpaired) electrons. The van der Waals surface area contributed by atoms with Gasteiger partial charge in [0.05, 0.1) is 22.7 Å². The molecule has 25 heavy (non-hydrogen) atoms. The van der Waals surface area contributed by atoms with Crippen LogP contribution < -0.4 is 4.74 Å². The first-order valence-electron chi connectivity index (χ1n) is 7.22. The van der Waals surface area contributed by atoms with Gasteiger partial charge in [0.1, 0.15) is 0 Å². The number of ether oxygens (including phenoxy) is 1. The Morgan fingerprint density at radius 3 is 2.92 bits per heavy atom. The number of hydrogen-bond acceptors (Lipinski definition) is 6. The molecule has 1 aromatic carbocycles. The number of rotatable bonds is 3. The summed E-state index contributed by atoms with van der Waals surface area (Å²) in [4.78, 5) is 22.8. The predicted molar refractivity (Wildman–Crippen MR) is 99.3 cm³/mol. The lowest BCUT2D eigenvalue weighted by Crippen LogP contribution is -2.23. The number of phenols is 1. The number of carbonyl (C=O) groups excluding carboxylic acids is 1. The van der Waals surface area contributed by atoms with E-state index in [1.54, 1.807) is 37.5 Å². The lowest BCUT2D eigenvalue weighted by Gasteiger charge is -2.07. The number of hydrogen-bond donors (Lipinski definition) is 1. The minimum Gasteiger partial charge on any atom is -0.504 e. The maximum Gasteiger partial charge on any atom is 0.266 e. The zero-order valence-electron chi connectivity index (χ0n) is 13.4. The number of amidine groups is 1. The van der Waals surface area contributed by atoms with Crippen LogP contribution in [0.25, 0.3) is 6.08 Å². The third-order valence-corrected chi connectivity index (χ3v) is 4.82. The zero-order chi connectivity index (χ0) is 18.0.